The van der Waals surface area contributed by atoms with Crippen molar-refractivity contribution in [3.63, 3.8) is 0 Å². The first-order valence-electron chi connectivity index (χ1n) is 8.12. The van der Waals surface area contributed by atoms with Gasteiger partial charge in [0.05, 0.1) is 22.9 Å². The second-order valence-corrected chi connectivity index (χ2v) is 5.85. The van der Waals surface area contributed by atoms with Gasteiger partial charge in [-0.05, 0) is 31.9 Å². The molecule has 2 aromatic rings. The van der Waals surface area contributed by atoms with Crippen LogP contribution in [-0.4, -0.2) is 27.5 Å². The third-order valence-corrected chi connectivity index (χ3v) is 3.91. The summed E-state index contributed by atoms with van der Waals surface area (Å²) < 4.78 is 1.15. The summed E-state index contributed by atoms with van der Waals surface area (Å²) in [6, 6.07) is 5.79. The molecule has 134 valence electrons. The molecule has 8 heteroatoms. The quantitative estimate of drug-likeness (QED) is 0.624. The van der Waals surface area contributed by atoms with E-state index in [-0.39, 0.29) is 24.4 Å². The summed E-state index contributed by atoms with van der Waals surface area (Å²) in [6.07, 6.45) is 1.91. The maximum atomic E-state index is 12.3. The smallest absolute Gasteiger partial charge is 0.328 e. The number of rotatable bonds is 8. The summed E-state index contributed by atoms with van der Waals surface area (Å²) in [5, 5.41) is 13.3. The number of benzene rings is 1. The van der Waals surface area contributed by atoms with Gasteiger partial charge in [0.15, 0.2) is 0 Å². The molecule has 0 saturated carbocycles. The molecule has 25 heavy (non-hydrogen) atoms. The third-order valence-electron chi connectivity index (χ3n) is 3.91. The van der Waals surface area contributed by atoms with E-state index in [2.05, 4.69) is 10.3 Å². The Morgan fingerprint density at radius 1 is 1.20 bits per heavy atom. The normalized spacial score (nSPS) is 12.0. The molecule has 0 bridgehead atoms. The van der Waals surface area contributed by atoms with E-state index in [1.165, 1.54) is 6.92 Å². The van der Waals surface area contributed by atoms with Gasteiger partial charge in [0.1, 0.15) is 0 Å². The van der Waals surface area contributed by atoms with E-state index in [1.54, 1.807) is 24.3 Å². The number of nitrogens with one attached hydrogen (secondary N) is 2. The molecule has 0 spiro atoms. The van der Waals surface area contributed by atoms with Gasteiger partial charge in [0.25, 0.3) is 5.56 Å². The Morgan fingerprint density at radius 2 is 1.92 bits per heavy atom. The van der Waals surface area contributed by atoms with Gasteiger partial charge in [-0.1, -0.05) is 18.6 Å². The van der Waals surface area contributed by atoms with Crippen LogP contribution >= 0.6 is 0 Å². The summed E-state index contributed by atoms with van der Waals surface area (Å²) in [5.41, 5.74) is -0.281. The molecule has 0 radical (unpaired) electrons. The lowest BCUT2D eigenvalue weighted by atomic mass is 10.1. The topological polar surface area (TPSA) is 124 Å². The standard InChI is InChI=1S/C17H21N3O5/c1-11(16(23)24)18-14(21)9-3-2-6-10-20-15(22)12-7-4-5-8-13(12)19-17(20)25/h4-5,7-8,11H,2-3,6,9-10H2,1H3,(H,18,21)(H,19,25)(H,23,24)/p-1/t11-/m0/s1. The molecule has 1 atom stereocenters. The Labute approximate surface area is 143 Å². The van der Waals surface area contributed by atoms with Crippen LogP contribution in [0, 0.1) is 0 Å². The zero-order chi connectivity index (χ0) is 18.4. The largest absolute Gasteiger partial charge is 0.548 e. The number of unbranched alkanes of at least 4 members (excludes halogenated alkanes) is 2. The minimum atomic E-state index is -1.33. The van der Waals surface area contributed by atoms with Gasteiger partial charge in [0.2, 0.25) is 5.91 Å². The van der Waals surface area contributed by atoms with Crippen molar-refractivity contribution in [1.82, 2.24) is 14.9 Å². The van der Waals surface area contributed by atoms with Gasteiger partial charge in [-0.25, -0.2) is 4.79 Å². The molecular weight excluding hydrogens is 326 g/mol. The van der Waals surface area contributed by atoms with Gasteiger partial charge in [-0.2, -0.15) is 0 Å². The first-order valence-corrected chi connectivity index (χ1v) is 8.12. The van der Waals surface area contributed by atoms with Crippen LogP contribution in [0.4, 0.5) is 0 Å². The van der Waals surface area contributed by atoms with Crippen LogP contribution < -0.4 is 21.7 Å². The number of H-pyrrole nitrogens is 1. The number of aromatic amines is 1. The zero-order valence-corrected chi connectivity index (χ0v) is 13.9. The number of hydrogen-bond donors (Lipinski definition) is 2. The Hall–Kier alpha value is -2.90. The van der Waals surface area contributed by atoms with Crippen LogP contribution in [0.3, 0.4) is 0 Å². The van der Waals surface area contributed by atoms with Crippen molar-refractivity contribution in [3.05, 3.63) is 45.1 Å². The molecule has 0 aliphatic carbocycles. The maximum Gasteiger partial charge on any atom is 0.328 e. The lowest BCUT2D eigenvalue weighted by Gasteiger charge is -2.14. The number of carboxylic acid groups (broad SMARTS) is 1. The van der Waals surface area contributed by atoms with Gasteiger partial charge >= 0.3 is 5.69 Å². The van der Waals surface area contributed by atoms with Gasteiger partial charge in [0, 0.05) is 13.0 Å². The lowest BCUT2D eigenvalue weighted by molar-refractivity contribution is -0.307. The average Bonchev–Trinajstić information content (AvgIpc) is 2.57. The highest BCUT2D eigenvalue weighted by molar-refractivity contribution is 5.82. The van der Waals surface area contributed by atoms with E-state index in [0.29, 0.717) is 30.2 Å². The van der Waals surface area contributed by atoms with Crippen molar-refractivity contribution in [1.29, 1.82) is 0 Å². The second-order valence-electron chi connectivity index (χ2n) is 5.85. The second kappa shape index (κ2) is 8.27. The molecule has 1 aromatic carbocycles. The summed E-state index contributed by atoms with van der Waals surface area (Å²) in [6.45, 7) is 1.60. The molecule has 2 N–H and O–H groups in total. The number of amides is 1. The van der Waals surface area contributed by atoms with Crippen molar-refractivity contribution in [2.75, 3.05) is 0 Å². The number of carboxylic acids is 1. The van der Waals surface area contributed by atoms with Gasteiger partial charge in [-0.15, -0.1) is 0 Å². The highest BCUT2D eigenvalue weighted by atomic mass is 16.4. The van der Waals surface area contributed by atoms with Crippen molar-refractivity contribution in [2.45, 2.75) is 45.2 Å². The number of aromatic nitrogens is 2. The predicted octanol–water partition coefficient (Wildman–Crippen LogP) is -0.495. The van der Waals surface area contributed by atoms with Gasteiger partial charge in [-0.3, -0.25) is 14.2 Å². The number of aliphatic carboxylic acids is 1. The Morgan fingerprint density at radius 3 is 2.64 bits per heavy atom. The summed E-state index contributed by atoms with van der Waals surface area (Å²) >= 11 is 0. The number of nitrogens with zero attached hydrogens (tertiary/aromatic N) is 1. The molecule has 1 aromatic heterocycles. The molecule has 8 nitrogen and oxygen atoms in total. The Bertz CT molecular complexity index is 884. The number of para-hydroxylation sites is 1. The fourth-order valence-corrected chi connectivity index (χ4v) is 2.51. The predicted molar refractivity (Wildman–Crippen MR) is 89.9 cm³/mol. The van der Waals surface area contributed by atoms with Crippen LogP contribution in [0.5, 0.6) is 0 Å². The fraction of sp³-hybridized carbons (Fsp3) is 0.412. The lowest BCUT2D eigenvalue weighted by Crippen LogP contribution is -2.45. The van der Waals surface area contributed by atoms with E-state index in [4.69, 9.17) is 0 Å². The summed E-state index contributed by atoms with van der Waals surface area (Å²) in [4.78, 5) is 49.1. The van der Waals surface area contributed by atoms with E-state index < -0.39 is 17.7 Å². The SMILES string of the molecule is C[C@H](NC(=O)CCCCCn1c(=O)[nH]c2ccccc2c1=O)C(=O)[O-]. The van der Waals surface area contributed by atoms with Crippen LogP contribution in [0.25, 0.3) is 10.9 Å². The zero-order valence-electron chi connectivity index (χ0n) is 13.9. The van der Waals surface area contributed by atoms with E-state index in [9.17, 15) is 24.3 Å². The highest BCUT2D eigenvalue weighted by Crippen LogP contribution is 2.05. The average molecular weight is 346 g/mol. The molecular formula is C17H20N3O5-. The monoisotopic (exact) mass is 346 g/mol. The van der Waals surface area contributed by atoms with Gasteiger partial charge < -0.3 is 20.2 Å². The molecule has 1 amide bonds. The van der Waals surface area contributed by atoms with Crippen molar-refractivity contribution < 1.29 is 14.7 Å². The van der Waals surface area contributed by atoms with Crippen LogP contribution in [0.2, 0.25) is 0 Å². The van der Waals surface area contributed by atoms with Crippen molar-refractivity contribution >= 4 is 22.8 Å². The molecule has 1 heterocycles. The Balaban J connectivity index is 1.86. The first kappa shape index (κ1) is 18.4. The molecule has 0 fully saturated rings. The molecule has 0 unspecified atom stereocenters. The number of hydrogen-bond acceptors (Lipinski definition) is 5. The minimum absolute atomic E-state index is 0.181. The highest BCUT2D eigenvalue weighted by Gasteiger charge is 2.09. The van der Waals surface area contributed by atoms with E-state index in [0.717, 1.165) is 4.57 Å². The first-order chi connectivity index (χ1) is 11.9. The third kappa shape index (κ3) is 4.79. The molecule has 0 aliphatic heterocycles. The van der Waals surface area contributed by atoms with Crippen molar-refractivity contribution in [3.8, 4) is 0 Å². The van der Waals surface area contributed by atoms with Crippen LogP contribution in [0.1, 0.15) is 32.6 Å². The molecule has 0 saturated heterocycles. The Kier molecular flexibility index (Phi) is 6.10. The van der Waals surface area contributed by atoms with Crippen molar-refractivity contribution in [2.24, 2.45) is 0 Å². The molecule has 0 aliphatic rings. The summed E-state index contributed by atoms with van der Waals surface area (Å²) in [5.74, 6) is -1.69. The van der Waals surface area contributed by atoms with Crippen LogP contribution in [-0.2, 0) is 16.1 Å². The maximum absolute atomic E-state index is 12.3. The molecule has 2 rings (SSSR count). The summed E-state index contributed by atoms with van der Waals surface area (Å²) in [7, 11) is 0. The number of carbonyl (C=O) groups is 2. The number of carbonyl (C=O) groups excluding carboxylic acids is 2. The van der Waals surface area contributed by atoms with E-state index in [1.807, 2.05) is 0 Å². The minimum Gasteiger partial charge on any atom is -0.548 e. The number of fused-ring (bicyclic) bond motifs is 1. The fourth-order valence-electron chi connectivity index (χ4n) is 2.51. The van der Waals surface area contributed by atoms with E-state index >= 15 is 0 Å². The van der Waals surface area contributed by atoms with Crippen LogP contribution in [0.15, 0.2) is 33.9 Å².